The van der Waals surface area contributed by atoms with Gasteiger partial charge in [-0.3, -0.25) is 20.2 Å². The molecule has 0 aromatic rings. The highest BCUT2D eigenvalue weighted by atomic mass is 16.6. The van der Waals surface area contributed by atoms with Crippen LogP contribution in [-0.4, -0.2) is 67.0 Å². The molecule has 0 aromatic heterocycles. The number of nitro groups is 1. The summed E-state index contributed by atoms with van der Waals surface area (Å²) in [6, 6.07) is -0.523. The summed E-state index contributed by atoms with van der Waals surface area (Å²) in [5, 5.41) is 14.8. The lowest BCUT2D eigenvalue weighted by atomic mass is 9.79. The van der Waals surface area contributed by atoms with Crippen molar-refractivity contribution in [3.05, 3.63) is 21.8 Å². The molecule has 2 heterocycles. The Morgan fingerprint density at radius 2 is 1.93 bits per heavy atom. The van der Waals surface area contributed by atoms with Crippen LogP contribution in [0.2, 0.25) is 0 Å². The molecule has 1 N–H and O–H groups in total. The van der Waals surface area contributed by atoms with E-state index in [4.69, 9.17) is 9.47 Å². The quantitative estimate of drug-likeness (QED) is 0.444. The highest BCUT2D eigenvalue weighted by Gasteiger charge is 2.49. The van der Waals surface area contributed by atoms with Gasteiger partial charge in [-0.25, -0.2) is 0 Å². The summed E-state index contributed by atoms with van der Waals surface area (Å²) in [6.45, 7) is 0.704. The SMILES string of the molecule is COC1CCC(/C=C2\CCN3C(=O)C4CC([N+](=O)[O-])CCC4NC23)CC1OC. The fourth-order valence-electron chi connectivity index (χ4n) is 5.66. The van der Waals surface area contributed by atoms with Crippen molar-refractivity contribution in [3.8, 4) is 0 Å². The number of methoxy groups -OCH3 is 2. The van der Waals surface area contributed by atoms with Gasteiger partial charge in [-0.1, -0.05) is 6.08 Å². The molecule has 156 valence electrons. The van der Waals surface area contributed by atoms with E-state index in [1.165, 1.54) is 5.57 Å². The second-order valence-electron chi connectivity index (χ2n) is 8.68. The van der Waals surface area contributed by atoms with E-state index in [1.54, 1.807) is 14.2 Å². The molecule has 28 heavy (non-hydrogen) atoms. The van der Waals surface area contributed by atoms with Gasteiger partial charge in [-0.05, 0) is 43.6 Å². The third-order valence-electron chi connectivity index (χ3n) is 7.22. The van der Waals surface area contributed by atoms with Crippen molar-refractivity contribution >= 4 is 5.91 Å². The maximum atomic E-state index is 13.0. The Bertz CT molecular complexity index is 654. The van der Waals surface area contributed by atoms with E-state index >= 15 is 0 Å². The molecule has 8 nitrogen and oxygen atoms in total. The fraction of sp³-hybridized carbons (Fsp3) is 0.850. The molecular formula is C20H31N3O5. The lowest BCUT2D eigenvalue weighted by molar-refractivity contribution is -0.528. The minimum atomic E-state index is -0.580. The number of hydrogen-bond acceptors (Lipinski definition) is 6. The minimum absolute atomic E-state index is 0.0398. The Kier molecular flexibility index (Phi) is 5.71. The normalized spacial score (nSPS) is 42.4. The second-order valence-corrected chi connectivity index (χ2v) is 8.68. The number of carbonyl (C=O) groups is 1. The monoisotopic (exact) mass is 393 g/mol. The van der Waals surface area contributed by atoms with Gasteiger partial charge in [0.15, 0.2) is 0 Å². The standard InChI is InChI=1S/C20H31N3O5/c1-27-17-6-3-12(10-18(17)28-2)9-13-7-8-22-19(13)21-16-5-4-14(23(25)26)11-15(16)20(22)24/h9,12,14-19,21H,3-8,10-11H2,1-2H3/b13-9+. The van der Waals surface area contributed by atoms with Crippen molar-refractivity contribution < 1.29 is 19.2 Å². The summed E-state index contributed by atoms with van der Waals surface area (Å²) >= 11 is 0. The van der Waals surface area contributed by atoms with E-state index in [9.17, 15) is 14.9 Å². The van der Waals surface area contributed by atoms with E-state index in [0.29, 0.717) is 31.7 Å². The molecule has 0 bridgehead atoms. The summed E-state index contributed by atoms with van der Waals surface area (Å²) in [6.07, 6.45) is 8.07. The maximum Gasteiger partial charge on any atom is 0.229 e. The van der Waals surface area contributed by atoms with E-state index in [-0.39, 0.29) is 41.2 Å². The van der Waals surface area contributed by atoms with Crippen molar-refractivity contribution in [1.82, 2.24) is 10.2 Å². The van der Waals surface area contributed by atoms with Gasteiger partial charge in [0.05, 0.1) is 18.1 Å². The zero-order valence-electron chi connectivity index (χ0n) is 16.7. The Morgan fingerprint density at radius 1 is 1.14 bits per heavy atom. The van der Waals surface area contributed by atoms with Crippen LogP contribution in [0.25, 0.3) is 0 Å². The van der Waals surface area contributed by atoms with Crippen LogP contribution in [0, 0.1) is 22.0 Å². The van der Waals surface area contributed by atoms with Gasteiger partial charge in [0.1, 0.15) is 6.17 Å². The first kappa shape index (κ1) is 19.8. The molecule has 4 rings (SSSR count). The molecular weight excluding hydrogens is 362 g/mol. The number of amides is 1. The second kappa shape index (κ2) is 8.08. The van der Waals surface area contributed by atoms with Crippen LogP contribution in [0.4, 0.5) is 0 Å². The molecule has 2 saturated carbocycles. The smallest absolute Gasteiger partial charge is 0.229 e. The van der Waals surface area contributed by atoms with Gasteiger partial charge in [-0.15, -0.1) is 0 Å². The topological polar surface area (TPSA) is 93.9 Å². The van der Waals surface area contributed by atoms with Crippen LogP contribution in [0.1, 0.15) is 44.9 Å². The zero-order chi connectivity index (χ0) is 19.8. The number of nitrogens with zero attached hydrogens (tertiary/aromatic N) is 2. The Labute approximate surface area is 165 Å². The first-order valence-corrected chi connectivity index (χ1v) is 10.5. The molecule has 7 atom stereocenters. The van der Waals surface area contributed by atoms with E-state index in [2.05, 4.69) is 11.4 Å². The van der Waals surface area contributed by atoms with Crippen molar-refractivity contribution in [2.24, 2.45) is 11.8 Å². The first-order valence-electron chi connectivity index (χ1n) is 10.5. The van der Waals surface area contributed by atoms with Crippen molar-refractivity contribution in [2.75, 3.05) is 20.8 Å². The van der Waals surface area contributed by atoms with Crippen LogP contribution in [0.3, 0.4) is 0 Å². The molecule has 8 heteroatoms. The van der Waals surface area contributed by atoms with E-state index < -0.39 is 6.04 Å². The van der Waals surface area contributed by atoms with Crippen LogP contribution < -0.4 is 5.32 Å². The number of hydrogen-bond donors (Lipinski definition) is 1. The number of ether oxygens (including phenoxy) is 2. The Balaban J connectivity index is 1.45. The molecule has 2 aliphatic carbocycles. The van der Waals surface area contributed by atoms with Gasteiger partial charge in [0, 0.05) is 44.6 Å². The number of rotatable bonds is 4. The zero-order valence-corrected chi connectivity index (χ0v) is 16.7. The van der Waals surface area contributed by atoms with Crippen molar-refractivity contribution in [1.29, 1.82) is 0 Å². The molecule has 4 fully saturated rings. The third-order valence-corrected chi connectivity index (χ3v) is 7.22. The van der Waals surface area contributed by atoms with Gasteiger partial charge < -0.3 is 14.4 Å². The molecule has 2 saturated heterocycles. The molecule has 0 radical (unpaired) electrons. The average Bonchev–Trinajstić information content (AvgIpc) is 3.10. The average molecular weight is 393 g/mol. The van der Waals surface area contributed by atoms with E-state index in [1.807, 2.05) is 4.90 Å². The Morgan fingerprint density at radius 3 is 2.64 bits per heavy atom. The molecule has 0 spiro atoms. The summed E-state index contributed by atoms with van der Waals surface area (Å²) in [5.74, 6) is 0.280. The van der Waals surface area contributed by atoms with E-state index in [0.717, 1.165) is 25.7 Å². The van der Waals surface area contributed by atoms with Crippen LogP contribution >= 0.6 is 0 Å². The van der Waals surface area contributed by atoms with Gasteiger partial charge in [-0.2, -0.15) is 0 Å². The summed E-state index contributed by atoms with van der Waals surface area (Å²) in [4.78, 5) is 25.9. The van der Waals surface area contributed by atoms with Crippen LogP contribution in [-0.2, 0) is 14.3 Å². The molecule has 4 aliphatic rings. The predicted molar refractivity (Wildman–Crippen MR) is 102 cm³/mol. The summed E-state index contributed by atoms with van der Waals surface area (Å²) in [7, 11) is 3.48. The summed E-state index contributed by atoms with van der Waals surface area (Å²) in [5.41, 5.74) is 1.29. The molecule has 0 aromatic carbocycles. The largest absolute Gasteiger partial charge is 0.379 e. The van der Waals surface area contributed by atoms with Crippen molar-refractivity contribution in [3.63, 3.8) is 0 Å². The number of nitrogens with one attached hydrogen (secondary N) is 1. The molecule has 2 aliphatic heterocycles. The van der Waals surface area contributed by atoms with Crippen LogP contribution in [0.5, 0.6) is 0 Å². The highest BCUT2D eigenvalue weighted by molar-refractivity contribution is 5.82. The van der Waals surface area contributed by atoms with Gasteiger partial charge in [0.25, 0.3) is 0 Å². The number of carbonyl (C=O) groups excluding carboxylic acids is 1. The summed E-state index contributed by atoms with van der Waals surface area (Å²) < 4.78 is 11.2. The minimum Gasteiger partial charge on any atom is -0.379 e. The maximum absolute atomic E-state index is 13.0. The predicted octanol–water partition coefficient (Wildman–Crippen LogP) is 1.72. The van der Waals surface area contributed by atoms with Gasteiger partial charge >= 0.3 is 0 Å². The number of fused-ring (bicyclic) bond motifs is 2. The van der Waals surface area contributed by atoms with Crippen molar-refractivity contribution in [2.45, 2.75) is 75.4 Å². The van der Waals surface area contributed by atoms with Gasteiger partial charge in [0.2, 0.25) is 11.9 Å². The third kappa shape index (κ3) is 3.57. The lowest BCUT2D eigenvalue weighted by Crippen LogP contribution is -2.63. The fourth-order valence-corrected chi connectivity index (χ4v) is 5.66. The Hall–Kier alpha value is -1.51. The number of allylic oxidation sites excluding steroid dienone is 1. The molecule has 7 unspecified atom stereocenters. The first-order chi connectivity index (χ1) is 13.5. The highest BCUT2D eigenvalue weighted by Crippen LogP contribution is 2.38. The van der Waals surface area contributed by atoms with Crippen LogP contribution in [0.15, 0.2) is 11.6 Å². The lowest BCUT2D eigenvalue weighted by Gasteiger charge is -2.44. The molecule has 1 amide bonds.